The van der Waals surface area contributed by atoms with Crippen LogP contribution in [0.4, 0.5) is 5.69 Å². The van der Waals surface area contributed by atoms with Crippen molar-refractivity contribution in [2.24, 2.45) is 0 Å². The first-order valence-corrected chi connectivity index (χ1v) is 11.5. The fraction of sp³-hybridized carbons (Fsp3) is 0.375. The lowest BCUT2D eigenvalue weighted by Crippen LogP contribution is -2.30. The maximum absolute atomic E-state index is 13.2. The van der Waals surface area contributed by atoms with Gasteiger partial charge >= 0.3 is 0 Å². The van der Waals surface area contributed by atoms with Gasteiger partial charge in [-0.3, -0.25) is 14.2 Å². The van der Waals surface area contributed by atoms with Gasteiger partial charge < -0.3 is 10.1 Å². The number of fused-ring (bicyclic) bond motifs is 1. The van der Waals surface area contributed by atoms with E-state index in [1.165, 1.54) is 11.8 Å². The van der Waals surface area contributed by atoms with Gasteiger partial charge in [-0.1, -0.05) is 42.1 Å². The van der Waals surface area contributed by atoms with E-state index in [1.807, 2.05) is 57.2 Å². The quantitative estimate of drug-likeness (QED) is 0.459. The zero-order valence-electron chi connectivity index (χ0n) is 18.1. The highest BCUT2D eigenvalue weighted by Crippen LogP contribution is 2.26. The van der Waals surface area contributed by atoms with Gasteiger partial charge in [0.1, 0.15) is 0 Å². The molecule has 1 fully saturated rings. The Kier molecular flexibility index (Phi) is 6.43. The Labute approximate surface area is 186 Å². The smallest absolute Gasteiger partial charge is 0.262 e. The maximum Gasteiger partial charge on any atom is 0.262 e. The lowest BCUT2D eigenvalue weighted by atomic mass is 10.1. The molecule has 3 aromatic rings. The molecule has 0 bridgehead atoms. The Morgan fingerprint density at radius 3 is 2.68 bits per heavy atom. The van der Waals surface area contributed by atoms with Crippen LogP contribution in [-0.2, 0) is 16.1 Å². The summed E-state index contributed by atoms with van der Waals surface area (Å²) in [7, 11) is 0. The van der Waals surface area contributed by atoms with Crippen molar-refractivity contribution in [1.29, 1.82) is 0 Å². The van der Waals surface area contributed by atoms with Crippen LogP contribution in [0.2, 0.25) is 0 Å². The minimum atomic E-state index is -0.428. The summed E-state index contributed by atoms with van der Waals surface area (Å²) in [6.07, 6.45) is 1.92. The van der Waals surface area contributed by atoms with Crippen LogP contribution >= 0.6 is 11.8 Å². The number of hydrogen-bond acceptors (Lipinski definition) is 5. The second-order valence-electron chi connectivity index (χ2n) is 7.98. The molecule has 1 aliphatic rings. The van der Waals surface area contributed by atoms with E-state index < -0.39 is 5.25 Å². The summed E-state index contributed by atoms with van der Waals surface area (Å²) >= 11 is 1.31. The number of carbonyl (C=O) groups excluding carboxylic acids is 1. The lowest BCUT2D eigenvalue weighted by molar-refractivity contribution is -0.115. The van der Waals surface area contributed by atoms with E-state index in [-0.39, 0.29) is 17.6 Å². The van der Waals surface area contributed by atoms with E-state index in [0.717, 1.165) is 36.3 Å². The molecule has 162 valence electrons. The van der Waals surface area contributed by atoms with Gasteiger partial charge in [0.15, 0.2) is 5.16 Å². The first-order chi connectivity index (χ1) is 14.9. The number of amides is 1. The highest BCUT2D eigenvalue weighted by Gasteiger charge is 2.23. The third-order valence-electron chi connectivity index (χ3n) is 5.62. The number of rotatable bonds is 6. The second-order valence-corrected chi connectivity index (χ2v) is 9.29. The molecule has 1 N–H and O–H groups in total. The van der Waals surface area contributed by atoms with Gasteiger partial charge in [-0.05, 0) is 56.9 Å². The van der Waals surface area contributed by atoms with Crippen molar-refractivity contribution in [3.05, 3.63) is 63.9 Å². The number of carbonyl (C=O) groups is 1. The molecule has 0 radical (unpaired) electrons. The predicted octanol–water partition coefficient (Wildman–Crippen LogP) is 4.31. The molecular formula is C24H27N3O3S. The van der Waals surface area contributed by atoms with Gasteiger partial charge in [-0.15, -0.1) is 0 Å². The van der Waals surface area contributed by atoms with Gasteiger partial charge in [0, 0.05) is 12.3 Å². The minimum absolute atomic E-state index is 0.00115. The Morgan fingerprint density at radius 1 is 1.23 bits per heavy atom. The molecule has 0 spiro atoms. The van der Waals surface area contributed by atoms with Crippen molar-refractivity contribution < 1.29 is 9.53 Å². The molecule has 1 amide bonds. The predicted molar refractivity (Wildman–Crippen MR) is 125 cm³/mol. The van der Waals surface area contributed by atoms with Crippen molar-refractivity contribution in [1.82, 2.24) is 9.55 Å². The molecule has 31 heavy (non-hydrogen) atoms. The summed E-state index contributed by atoms with van der Waals surface area (Å²) in [5.74, 6) is -0.117. The lowest BCUT2D eigenvalue weighted by Gasteiger charge is -2.19. The molecule has 0 saturated carbocycles. The van der Waals surface area contributed by atoms with Gasteiger partial charge in [-0.25, -0.2) is 4.98 Å². The SMILES string of the molecule is Cc1cccc(C)c1NC(=O)C(C)Sc1nc2ccccc2c(=O)n1CC1CCCO1. The van der Waals surface area contributed by atoms with Crippen molar-refractivity contribution in [3.63, 3.8) is 0 Å². The first kappa shape index (κ1) is 21.6. The fourth-order valence-electron chi connectivity index (χ4n) is 3.84. The van der Waals surface area contributed by atoms with Crippen LogP contribution in [0.5, 0.6) is 0 Å². The van der Waals surface area contributed by atoms with Crippen molar-refractivity contribution in [2.45, 2.75) is 56.7 Å². The van der Waals surface area contributed by atoms with Crippen LogP contribution in [0.3, 0.4) is 0 Å². The number of benzene rings is 2. The summed E-state index contributed by atoms with van der Waals surface area (Å²) in [6.45, 7) is 6.96. The minimum Gasteiger partial charge on any atom is -0.376 e. The fourth-order valence-corrected chi connectivity index (χ4v) is 4.76. The number of anilines is 1. The van der Waals surface area contributed by atoms with Crippen LogP contribution in [0.25, 0.3) is 10.9 Å². The monoisotopic (exact) mass is 437 g/mol. The number of nitrogens with one attached hydrogen (secondary N) is 1. The summed E-state index contributed by atoms with van der Waals surface area (Å²) in [4.78, 5) is 30.9. The molecular weight excluding hydrogens is 410 g/mol. The third kappa shape index (κ3) is 4.67. The molecule has 0 aliphatic carbocycles. The molecule has 7 heteroatoms. The molecule has 1 aromatic heterocycles. The van der Waals surface area contributed by atoms with E-state index in [1.54, 1.807) is 10.6 Å². The number of nitrogens with zero attached hydrogens (tertiary/aromatic N) is 2. The number of hydrogen-bond donors (Lipinski definition) is 1. The molecule has 4 rings (SSSR count). The normalized spacial score (nSPS) is 17.1. The van der Waals surface area contributed by atoms with Gasteiger partial charge in [0.25, 0.3) is 5.56 Å². The summed E-state index contributed by atoms with van der Waals surface area (Å²) < 4.78 is 7.43. The topological polar surface area (TPSA) is 73.2 Å². The van der Waals surface area contributed by atoms with Crippen molar-refractivity contribution in [2.75, 3.05) is 11.9 Å². The molecule has 2 atom stereocenters. The highest BCUT2D eigenvalue weighted by atomic mass is 32.2. The average molecular weight is 438 g/mol. The number of para-hydroxylation sites is 2. The average Bonchev–Trinajstić information content (AvgIpc) is 3.27. The standard InChI is InChI=1S/C24H27N3O3S/c1-15-8-6-9-16(2)21(15)26-22(28)17(3)31-24-25-20-12-5-4-11-19(20)23(29)27(24)14-18-10-7-13-30-18/h4-6,8-9,11-12,17-18H,7,10,13-14H2,1-3H3,(H,26,28). The van der Waals surface area contributed by atoms with Crippen LogP contribution < -0.4 is 10.9 Å². The van der Waals surface area contributed by atoms with Crippen LogP contribution in [0.1, 0.15) is 30.9 Å². The van der Waals surface area contributed by atoms with E-state index in [9.17, 15) is 9.59 Å². The number of ether oxygens (including phenoxy) is 1. The van der Waals surface area contributed by atoms with Gasteiger partial charge in [-0.2, -0.15) is 0 Å². The van der Waals surface area contributed by atoms with Crippen molar-refractivity contribution >= 4 is 34.3 Å². The summed E-state index contributed by atoms with van der Waals surface area (Å²) in [5, 5.41) is 3.74. The molecule has 2 heterocycles. The zero-order valence-corrected chi connectivity index (χ0v) is 18.9. The van der Waals surface area contributed by atoms with Crippen LogP contribution in [0.15, 0.2) is 52.4 Å². The Hall–Kier alpha value is -2.64. The van der Waals surface area contributed by atoms with Gasteiger partial charge in [0.05, 0.1) is 28.8 Å². The summed E-state index contributed by atoms with van der Waals surface area (Å²) in [5.41, 5.74) is 3.42. The maximum atomic E-state index is 13.2. The number of thioether (sulfide) groups is 1. The van der Waals surface area contributed by atoms with Crippen molar-refractivity contribution in [3.8, 4) is 0 Å². The van der Waals surface area contributed by atoms with Crippen LogP contribution in [0, 0.1) is 13.8 Å². The van der Waals surface area contributed by atoms with E-state index >= 15 is 0 Å². The summed E-state index contributed by atoms with van der Waals surface area (Å²) in [6, 6.07) is 13.3. The molecule has 6 nitrogen and oxygen atoms in total. The highest BCUT2D eigenvalue weighted by molar-refractivity contribution is 8.00. The first-order valence-electron chi connectivity index (χ1n) is 10.6. The Balaban J connectivity index is 1.63. The van der Waals surface area contributed by atoms with Crippen LogP contribution in [-0.4, -0.2) is 33.4 Å². The van der Waals surface area contributed by atoms with E-state index in [2.05, 4.69) is 5.32 Å². The van der Waals surface area contributed by atoms with E-state index in [0.29, 0.717) is 22.6 Å². The number of aromatic nitrogens is 2. The largest absolute Gasteiger partial charge is 0.376 e. The third-order valence-corrected chi connectivity index (χ3v) is 6.71. The molecule has 1 aliphatic heterocycles. The van der Waals surface area contributed by atoms with Gasteiger partial charge in [0.2, 0.25) is 5.91 Å². The Morgan fingerprint density at radius 2 is 1.97 bits per heavy atom. The molecule has 2 unspecified atom stereocenters. The second kappa shape index (κ2) is 9.24. The van der Waals surface area contributed by atoms with E-state index in [4.69, 9.17) is 9.72 Å². The molecule has 2 aromatic carbocycles. The zero-order chi connectivity index (χ0) is 22.0. The molecule has 1 saturated heterocycles. The number of aryl methyl sites for hydroxylation is 2. The Bertz CT molecular complexity index is 1150.